The minimum atomic E-state index is 0.862. The van der Waals surface area contributed by atoms with Gasteiger partial charge in [-0.1, -0.05) is 18.2 Å². The van der Waals surface area contributed by atoms with Gasteiger partial charge >= 0.3 is 0 Å². The summed E-state index contributed by atoms with van der Waals surface area (Å²) in [5.41, 5.74) is 2.41. The lowest BCUT2D eigenvalue weighted by Gasteiger charge is -2.30. The molecule has 0 saturated carbocycles. The fourth-order valence-electron chi connectivity index (χ4n) is 3.56. The van der Waals surface area contributed by atoms with Gasteiger partial charge in [-0.2, -0.15) is 0 Å². The molecule has 1 fully saturated rings. The first-order valence-electron chi connectivity index (χ1n) is 9.19. The monoisotopic (exact) mass is 351 g/mol. The Morgan fingerprint density at radius 3 is 2.68 bits per heavy atom. The van der Waals surface area contributed by atoms with E-state index < -0.39 is 0 Å². The summed E-state index contributed by atoms with van der Waals surface area (Å²) < 4.78 is 0. The number of hydrogen-bond acceptors (Lipinski definition) is 4. The Hall–Kier alpha value is -1.91. The van der Waals surface area contributed by atoms with Crippen molar-refractivity contribution in [1.29, 1.82) is 0 Å². The van der Waals surface area contributed by atoms with Crippen LogP contribution in [0.5, 0.6) is 0 Å². The number of aryl methyl sites for hydroxylation is 1. The molecule has 1 saturated heterocycles. The average molecular weight is 352 g/mol. The van der Waals surface area contributed by atoms with E-state index in [0.29, 0.717) is 0 Å². The minimum Gasteiger partial charge on any atom is -0.356 e. The lowest BCUT2D eigenvalue weighted by molar-refractivity contribution is 0.570. The first-order chi connectivity index (χ1) is 12.3. The van der Waals surface area contributed by atoms with E-state index in [1.54, 1.807) is 0 Å². The van der Waals surface area contributed by atoms with Gasteiger partial charge in [-0.15, -0.1) is 11.3 Å². The van der Waals surface area contributed by atoms with Gasteiger partial charge in [0.05, 0.1) is 5.52 Å². The van der Waals surface area contributed by atoms with Gasteiger partial charge in [-0.25, -0.2) is 4.98 Å². The number of pyridine rings is 1. The lowest BCUT2D eigenvalue weighted by Crippen LogP contribution is -2.31. The molecule has 3 nitrogen and oxygen atoms in total. The van der Waals surface area contributed by atoms with E-state index in [0.717, 1.165) is 31.7 Å². The number of anilines is 1. The van der Waals surface area contributed by atoms with Crippen molar-refractivity contribution in [2.75, 3.05) is 18.0 Å². The molecule has 0 aliphatic carbocycles. The number of benzene rings is 1. The molecule has 1 aliphatic rings. The summed E-state index contributed by atoms with van der Waals surface area (Å²) in [7, 11) is 0. The summed E-state index contributed by atoms with van der Waals surface area (Å²) in [6, 6.07) is 15.2. The molecule has 3 heterocycles. The third-order valence-electron chi connectivity index (χ3n) is 4.85. The third kappa shape index (κ3) is 3.86. The number of fused-ring (bicyclic) bond motifs is 1. The fraction of sp³-hybridized carbons (Fsp3) is 0.381. The molecule has 0 amide bonds. The number of thiophene rings is 1. The van der Waals surface area contributed by atoms with Crippen LogP contribution in [0.4, 0.5) is 5.82 Å². The van der Waals surface area contributed by atoms with E-state index >= 15 is 0 Å². The maximum Gasteiger partial charge on any atom is 0.133 e. The molecule has 1 N–H and O–H groups in total. The Morgan fingerprint density at radius 1 is 1.04 bits per heavy atom. The molecule has 25 heavy (non-hydrogen) atoms. The summed E-state index contributed by atoms with van der Waals surface area (Å²) in [5.74, 6) is 1.17. The molecule has 1 aliphatic heterocycles. The average Bonchev–Trinajstić information content (AvgIpc) is 3.07. The SMILES string of the molecule is Cc1ccc(CNCc2cc3ccccc3nc2N2CCCCC2)s1. The van der Waals surface area contributed by atoms with Gasteiger partial charge < -0.3 is 10.2 Å². The van der Waals surface area contributed by atoms with Crippen LogP contribution in [0.15, 0.2) is 42.5 Å². The van der Waals surface area contributed by atoms with Gasteiger partial charge in [-0.05, 0) is 50.5 Å². The van der Waals surface area contributed by atoms with Crippen LogP contribution < -0.4 is 10.2 Å². The number of hydrogen-bond donors (Lipinski definition) is 1. The number of aromatic nitrogens is 1. The second-order valence-corrected chi connectivity index (χ2v) is 8.20. The number of para-hydroxylation sites is 1. The second kappa shape index (κ2) is 7.54. The van der Waals surface area contributed by atoms with Crippen molar-refractivity contribution < 1.29 is 0 Å². The number of nitrogens with zero attached hydrogens (tertiary/aromatic N) is 2. The molecule has 0 spiro atoms. The number of rotatable bonds is 5. The van der Waals surface area contributed by atoms with Gasteiger partial charge in [0.1, 0.15) is 5.82 Å². The summed E-state index contributed by atoms with van der Waals surface area (Å²) in [4.78, 5) is 10.3. The largest absolute Gasteiger partial charge is 0.356 e. The summed E-state index contributed by atoms with van der Waals surface area (Å²) in [6.45, 7) is 6.20. The van der Waals surface area contributed by atoms with Crippen LogP contribution in [0.1, 0.15) is 34.6 Å². The molecule has 2 aromatic heterocycles. The van der Waals surface area contributed by atoms with Crippen LogP contribution in [-0.2, 0) is 13.1 Å². The van der Waals surface area contributed by atoms with Crippen molar-refractivity contribution in [3.63, 3.8) is 0 Å². The molecule has 1 aromatic carbocycles. The van der Waals surface area contributed by atoms with Gasteiger partial charge in [0.2, 0.25) is 0 Å². The molecule has 0 radical (unpaired) electrons. The van der Waals surface area contributed by atoms with E-state index in [1.807, 2.05) is 11.3 Å². The Kier molecular flexibility index (Phi) is 4.99. The Balaban J connectivity index is 1.58. The maximum absolute atomic E-state index is 5.02. The Labute approximate surface area is 153 Å². The van der Waals surface area contributed by atoms with Crippen molar-refractivity contribution in [1.82, 2.24) is 10.3 Å². The molecule has 0 unspecified atom stereocenters. The quantitative estimate of drug-likeness (QED) is 0.710. The van der Waals surface area contributed by atoms with E-state index in [9.17, 15) is 0 Å². The second-order valence-electron chi connectivity index (χ2n) is 6.83. The topological polar surface area (TPSA) is 28.2 Å². The maximum atomic E-state index is 5.02. The molecule has 3 aromatic rings. The van der Waals surface area contributed by atoms with E-state index in [4.69, 9.17) is 4.98 Å². The molecule has 4 rings (SSSR count). The van der Waals surface area contributed by atoms with Crippen molar-refractivity contribution in [2.24, 2.45) is 0 Å². The summed E-state index contributed by atoms with van der Waals surface area (Å²) in [6.07, 6.45) is 3.89. The highest BCUT2D eigenvalue weighted by atomic mass is 32.1. The molecule has 0 bridgehead atoms. The highest BCUT2D eigenvalue weighted by Gasteiger charge is 2.16. The van der Waals surface area contributed by atoms with Gasteiger partial charge in [-0.3, -0.25) is 0 Å². The summed E-state index contributed by atoms with van der Waals surface area (Å²) >= 11 is 1.87. The fourth-order valence-corrected chi connectivity index (χ4v) is 4.42. The number of nitrogens with one attached hydrogen (secondary N) is 1. The van der Waals surface area contributed by atoms with Crippen molar-refractivity contribution >= 4 is 28.1 Å². The van der Waals surface area contributed by atoms with Gasteiger partial charge in [0, 0.05) is 46.9 Å². The van der Waals surface area contributed by atoms with Crippen LogP contribution in [0.3, 0.4) is 0 Å². The third-order valence-corrected chi connectivity index (χ3v) is 5.85. The molecule has 130 valence electrons. The molecular weight excluding hydrogens is 326 g/mol. The lowest BCUT2D eigenvalue weighted by atomic mass is 10.1. The van der Waals surface area contributed by atoms with Gasteiger partial charge in [0.25, 0.3) is 0 Å². The van der Waals surface area contributed by atoms with Crippen molar-refractivity contribution in [3.8, 4) is 0 Å². The zero-order valence-electron chi connectivity index (χ0n) is 14.8. The predicted molar refractivity (Wildman–Crippen MR) is 107 cm³/mol. The standard InChI is InChI=1S/C21H25N3S/c1-16-9-10-19(25-16)15-22-14-18-13-17-7-3-4-8-20(17)23-21(18)24-11-5-2-6-12-24/h3-4,7-10,13,22H,2,5-6,11-12,14-15H2,1H3. The van der Waals surface area contributed by atoms with E-state index in [-0.39, 0.29) is 0 Å². The predicted octanol–water partition coefficient (Wildman–Crippen LogP) is 4.88. The first-order valence-corrected chi connectivity index (χ1v) is 10.0. The molecule has 0 atom stereocenters. The van der Waals surface area contributed by atoms with Gasteiger partial charge in [0.15, 0.2) is 0 Å². The zero-order valence-corrected chi connectivity index (χ0v) is 15.6. The summed E-state index contributed by atoms with van der Waals surface area (Å²) in [5, 5.41) is 4.85. The smallest absolute Gasteiger partial charge is 0.133 e. The molecule has 4 heteroatoms. The Morgan fingerprint density at radius 2 is 1.88 bits per heavy atom. The zero-order chi connectivity index (χ0) is 17.1. The first kappa shape index (κ1) is 16.6. The van der Waals surface area contributed by atoms with E-state index in [2.05, 4.69) is 59.6 Å². The van der Waals surface area contributed by atoms with E-state index in [1.165, 1.54) is 45.8 Å². The van der Waals surface area contributed by atoms with Crippen LogP contribution in [0, 0.1) is 6.92 Å². The highest BCUT2D eigenvalue weighted by Crippen LogP contribution is 2.26. The minimum absolute atomic E-state index is 0.862. The molecular formula is C21H25N3S. The Bertz CT molecular complexity index is 849. The van der Waals surface area contributed by atoms with Crippen molar-refractivity contribution in [2.45, 2.75) is 39.3 Å². The normalized spacial score (nSPS) is 15.0. The van der Waals surface area contributed by atoms with Crippen LogP contribution in [0.25, 0.3) is 10.9 Å². The van der Waals surface area contributed by atoms with Crippen LogP contribution in [-0.4, -0.2) is 18.1 Å². The van der Waals surface area contributed by atoms with Crippen LogP contribution in [0.2, 0.25) is 0 Å². The van der Waals surface area contributed by atoms with Crippen LogP contribution >= 0.6 is 11.3 Å². The van der Waals surface area contributed by atoms with Crippen molar-refractivity contribution in [3.05, 3.63) is 57.8 Å². The highest BCUT2D eigenvalue weighted by molar-refractivity contribution is 7.11. The number of piperidine rings is 1.